The zero-order chi connectivity index (χ0) is 18.7. The molecule has 0 spiro atoms. The molecule has 0 bridgehead atoms. The Morgan fingerprint density at radius 2 is 2.08 bits per heavy atom. The summed E-state index contributed by atoms with van der Waals surface area (Å²) in [6.07, 6.45) is 1.93. The minimum absolute atomic E-state index is 0.316. The highest BCUT2D eigenvalue weighted by Gasteiger charge is 2.37. The Kier molecular flexibility index (Phi) is 5.56. The molecule has 0 fully saturated rings. The van der Waals surface area contributed by atoms with Crippen molar-refractivity contribution in [2.45, 2.75) is 26.8 Å². The maximum absolute atomic E-state index is 12.7. The first-order chi connectivity index (χ1) is 12.6. The number of rotatable bonds is 6. The van der Waals surface area contributed by atoms with Crippen LogP contribution in [-0.4, -0.2) is 36.4 Å². The largest absolute Gasteiger partial charge is 0.493 e. The molecule has 138 valence electrons. The van der Waals surface area contributed by atoms with E-state index in [9.17, 15) is 4.79 Å². The standard InChI is InChI=1S/C19H22N2O4S/c1-5-24-15-11-13(7-8-14(15)23-4)17-16(18(22)25-6-2)12(3)20-19-21(17)9-10-26-19/h7-11,17H,5-6H2,1-4H3/t17-/m1/s1. The fourth-order valence-corrected chi connectivity index (χ4v) is 3.82. The van der Waals surface area contributed by atoms with Gasteiger partial charge in [-0.15, -0.1) is 0 Å². The number of allylic oxidation sites excluding steroid dienone is 1. The van der Waals surface area contributed by atoms with Gasteiger partial charge in [-0.1, -0.05) is 17.8 Å². The molecule has 0 amide bonds. The first kappa shape index (κ1) is 18.4. The Hall–Kier alpha value is -2.41. The summed E-state index contributed by atoms with van der Waals surface area (Å²) in [6, 6.07) is 5.40. The van der Waals surface area contributed by atoms with Gasteiger partial charge in [0.15, 0.2) is 16.7 Å². The number of amidine groups is 1. The van der Waals surface area contributed by atoms with Crippen molar-refractivity contribution in [3.63, 3.8) is 0 Å². The Morgan fingerprint density at radius 3 is 2.77 bits per heavy atom. The molecule has 2 aliphatic rings. The molecule has 0 N–H and O–H groups in total. The van der Waals surface area contributed by atoms with E-state index in [1.165, 1.54) is 11.8 Å². The van der Waals surface area contributed by atoms with Crippen LogP contribution in [0.2, 0.25) is 0 Å². The summed E-state index contributed by atoms with van der Waals surface area (Å²) in [6.45, 7) is 6.40. The maximum atomic E-state index is 12.7. The highest BCUT2D eigenvalue weighted by molar-refractivity contribution is 8.16. The predicted molar refractivity (Wildman–Crippen MR) is 102 cm³/mol. The molecular formula is C19H22N2O4S. The number of aliphatic imine (C=N–C) groups is 1. The number of ether oxygens (including phenoxy) is 3. The lowest BCUT2D eigenvalue weighted by Crippen LogP contribution is -2.34. The number of methoxy groups -OCH3 is 1. The fraction of sp³-hybridized carbons (Fsp3) is 0.368. The van der Waals surface area contributed by atoms with E-state index in [2.05, 4.69) is 4.99 Å². The van der Waals surface area contributed by atoms with Crippen LogP contribution in [0.15, 0.2) is 46.1 Å². The molecule has 0 radical (unpaired) electrons. The van der Waals surface area contributed by atoms with E-state index in [0.29, 0.717) is 36.0 Å². The van der Waals surface area contributed by atoms with Crippen molar-refractivity contribution in [2.24, 2.45) is 4.99 Å². The maximum Gasteiger partial charge on any atom is 0.338 e. The highest BCUT2D eigenvalue weighted by Crippen LogP contribution is 2.43. The molecule has 6 nitrogen and oxygen atoms in total. The number of esters is 1. The summed E-state index contributed by atoms with van der Waals surface area (Å²) in [4.78, 5) is 19.2. The molecule has 0 unspecified atom stereocenters. The molecule has 0 aliphatic carbocycles. The van der Waals surface area contributed by atoms with Crippen molar-refractivity contribution < 1.29 is 19.0 Å². The van der Waals surface area contributed by atoms with Crippen LogP contribution in [0.1, 0.15) is 32.4 Å². The summed E-state index contributed by atoms with van der Waals surface area (Å²) >= 11 is 1.53. The van der Waals surface area contributed by atoms with Crippen LogP contribution in [0.3, 0.4) is 0 Å². The minimum atomic E-state index is -0.350. The number of fused-ring (bicyclic) bond motifs is 1. The Bertz CT molecular complexity index is 801. The quantitative estimate of drug-likeness (QED) is 0.705. The molecule has 2 heterocycles. The second-order valence-corrected chi connectivity index (χ2v) is 6.54. The van der Waals surface area contributed by atoms with Gasteiger partial charge in [-0.3, -0.25) is 0 Å². The SMILES string of the molecule is CCOC(=O)C1=C(C)N=C2SC=CN2[C@@H]1c1ccc(OC)c(OCC)c1. The lowest BCUT2D eigenvalue weighted by molar-refractivity contribution is -0.139. The van der Waals surface area contributed by atoms with Crippen LogP contribution in [-0.2, 0) is 9.53 Å². The fourth-order valence-electron chi connectivity index (χ4n) is 3.03. The Labute approximate surface area is 157 Å². The Balaban J connectivity index is 2.10. The average molecular weight is 374 g/mol. The lowest BCUT2D eigenvalue weighted by atomic mass is 9.94. The summed E-state index contributed by atoms with van der Waals surface area (Å²) in [5, 5.41) is 2.80. The second kappa shape index (κ2) is 7.86. The van der Waals surface area contributed by atoms with Crippen LogP contribution in [0, 0.1) is 0 Å². The van der Waals surface area contributed by atoms with E-state index in [1.807, 2.05) is 48.6 Å². The van der Waals surface area contributed by atoms with Crippen molar-refractivity contribution in [1.82, 2.24) is 4.90 Å². The zero-order valence-corrected chi connectivity index (χ0v) is 16.1. The van der Waals surface area contributed by atoms with Crippen molar-refractivity contribution in [1.29, 1.82) is 0 Å². The third-order valence-electron chi connectivity index (χ3n) is 4.12. The number of hydrogen-bond acceptors (Lipinski definition) is 7. The van der Waals surface area contributed by atoms with Crippen LogP contribution < -0.4 is 9.47 Å². The van der Waals surface area contributed by atoms with Gasteiger partial charge in [0.05, 0.1) is 37.6 Å². The van der Waals surface area contributed by atoms with Crippen LogP contribution >= 0.6 is 11.8 Å². The summed E-state index contributed by atoms with van der Waals surface area (Å²) < 4.78 is 16.4. The van der Waals surface area contributed by atoms with Gasteiger partial charge in [-0.25, -0.2) is 9.79 Å². The molecule has 7 heteroatoms. The average Bonchev–Trinajstić information content (AvgIpc) is 3.08. The van der Waals surface area contributed by atoms with Gasteiger partial charge in [0, 0.05) is 6.20 Å². The number of thioether (sulfide) groups is 1. The van der Waals surface area contributed by atoms with E-state index in [-0.39, 0.29) is 12.0 Å². The van der Waals surface area contributed by atoms with Crippen LogP contribution in [0.25, 0.3) is 0 Å². The van der Waals surface area contributed by atoms with Gasteiger partial charge in [0.2, 0.25) is 0 Å². The van der Waals surface area contributed by atoms with Gasteiger partial charge in [0.25, 0.3) is 0 Å². The van der Waals surface area contributed by atoms with E-state index in [0.717, 1.165) is 10.7 Å². The number of nitrogens with zero attached hydrogens (tertiary/aromatic N) is 2. The summed E-state index contributed by atoms with van der Waals surface area (Å²) in [7, 11) is 1.61. The smallest absolute Gasteiger partial charge is 0.338 e. The first-order valence-corrected chi connectivity index (χ1v) is 9.37. The zero-order valence-electron chi connectivity index (χ0n) is 15.3. The normalized spacial score (nSPS) is 18.5. The van der Waals surface area contributed by atoms with Crippen molar-refractivity contribution >= 4 is 22.9 Å². The van der Waals surface area contributed by atoms with E-state index in [1.54, 1.807) is 14.0 Å². The molecule has 3 rings (SSSR count). The molecular weight excluding hydrogens is 352 g/mol. The first-order valence-electron chi connectivity index (χ1n) is 8.49. The molecule has 2 aliphatic heterocycles. The van der Waals surface area contributed by atoms with Crippen molar-refractivity contribution in [3.8, 4) is 11.5 Å². The van der Waals surface area contributed by atoms with Crippen LogP contribution in [0.4, 0.5) is 0 Å². The lowest BCUT2D eigenvalue weighted by Gasteiger charge is -2.33. The Morgan fingerprint density at radius 1 is 1.27 bits per heavy atom. The summed E-state index contributed by atoms with van der Waals surface area (Å²) in [5.74, 6) is 0.954. The van der Waals surface area contributed by atoms with E-state index >= 15 is 0 Å². The second-order valence-electron chi connectivity index (χ2n) is 5.67. The molecule has 26 heavy (non-hydrogen) atoms. The molecule has 1 aromatic rings. The minimum Gasteiger partial charge on any atom is -0.493 e. The van der Waals surface area contributed by atoms with Gasteiger partial charge in [-0.2, -0.15) is 0 Å². The van der Waals surface area contributed by atoms with Crippen molar-refractivity contribution in [2.75, 3.05) is 20.3 Å². The number of carbonyl (C=O) groups is 1. The van der Waals surface area contributed by atoms with Gasteiger partial charge >= 0.3 is 5.97 Å². The third kappa shape index (κ3) is 3.31. The number of benzene rings is 1. The monoisotopic (exact) mass is 374 g/mol. The van der Waals surface area contributed by atoms with Gasteiger partial charge in [-0.05, 0) is 43.9 Å². The van der Waals surface area contributed by atoms with Crippen molar-refractivity contribution in [3.05, 3.63) is 46.6 Å². The molecule has 1 atom stereocenters. The van der Waals surface area contributed by atoms with Gasteiger partial charge in [0.1, 0.15) is 0 Å². The third-order valence-corrected chi connectivity index (χ3v) is 4.89. The van der Waals surface area contributed by atoms with Crippen LogP contribution in [0.5, 0.6) is 11.5 Å². The molecule has 0 saturated carbocycles. The molecule has 0 saturated heterocycles. The van der Waals surface area contributed by atoms with Gasteiger partial charge < -0.3 is 19.1 Å². The topological polar surface area (TPSA) is 60.4 Å². The number of hydrogen-bond donors (Lipinski definition) is 0. The van der Waals surface area contributed by atoms with E-state index in [4.69, 9.17) is 14.2 Å². The molecule has 1 aromatic carbocycles. The number of carbonyl (C=O) groups excluding carboxylic acids is 1. The predicted octanol–water partition coefficient (Wildman–Crippen LogP) is 3.86. The molecule has 0 aromatic heterocycles. The van der Waals surface area contributed by atoms with E-state index < -0.39 is 0 Å². The highest BCUT2D eigenvalue weighted by atomic mass is 32.2. The summed E-state index contributed by atoms with van der Waals surface area (Å²) in [5.41, 5.74) is 2.12.